The Bertz CT molecular complexity index is 984. The fraction of sp³-hybridized carbons (Fsp3) is 0.348. The van der Waals surface area contributed by atoms with E-state index < -0.39 is 0 Å². The molecule has 0 spiro atoms. The molecule has 1 unspecified atom stereocenters. The summed E-state index contributed by atoms with van der Waals surface area (Å²) in [5, 5.41) is 7.28. The summed E-state index contributed by atoms with van der Waals surface area (Å²) in [5.74, 6) is 1.61. The molecule has 0 fully saturated rings. The first kappa shape index (κ1) is 19.9. The van der Waals surface area contributed by atoms with Gasteiger partial charge in [-0.3, -0.25) is 4.79 Å². The van der Waals surface area contributed by atoms with Crippen LogP contribution >= 0.6 is 0 Å². The highest BCUT2D eigenvalue weighted by Crippen LogP contribution is 2.34. The summed E-state index contributed by atoms with van der Waals surface area (Å²) in [6, 6.07) is 13.3. The maximum absolute atomic E-state index is 12.9. The Kier molecular flexibility index (Phi) is 5.97. The van der Waals surface area contributed by atoms with Crippen molar-refractivity contribution >= 4 is 5.91 Å². The molecular weight excluding hydrogens is 380 g/mol. The molecule has 2 heterocycles. The third kappa shape index (κ3) is 4.62. The number of hydrogen-bond acceptors (Lipinski definition) is 5. The molecule has 156 valence electrons. The number of carbonyl (C=O) groups is 1. The van der Waals surface area contributed by atoms with Crippen LogP contribution in [0.2, 0.25) is 0 Å². The van der Waals surface area contributed by atoms with Crippen molar-refractivity contribution in [1.29, 1.82) is 0 Å². The van der Waals surface area contributed by atoms with Gasteiger partial charge in [0.2, 0.25) is 0 Å². The second-order valence-electron chi connectivity index (χ2n) is 7.74. The van der Waals surface area contributed by atoms with Crippen LogP contribution in [0.1, 0.15) is 47.8 Å². The number of nitrogens with zero attached hydrogens (tertiary/aromatic N) is 3. The van der Waals surface area contributed by atoms with Crippen LogP contribution in [0.3, 0.4) is 0 Å². The average molecular weight is 406 g/mol. The largest absolute Gasteiger partial charge is 0.490 e. The monoisotopic (exact) mass is 406 g/mol. The molecule has 2 aromatic carbocycles. The second kappa shape index (κ2) is 8.98. The number of hydrogen-bond donors (Lipinski definition) is 1. The Morgan fingerprint density at radius 3 is 2.57 bits per heavy atom. The molecule has 0 aliphatic carbocycles. The van der Waals surface area contributed by atoms with E-state index in [1.54, 1.807) is 11.0 Å². The quantitative estimate of drug-likeness (QED) is 0.677. The lowest BCUT2D eigenvalue weighted by atomic mass is 9.95. The first-order valence-corrected chi connectivity index (χ1v) is 10.2. The van der Waals surface area contributed by atoms with E-state index in [0.717, 1.165) is 29.0 Å². The van der Waals surface area contributed by atoms with Gasteiger partial charge in [0.1, 0.15) is 12.7 Å². The van der Waals surface area contributed by atoms with Gasteiger partial charge in [0.05, 0.1) is 25.8 Å². The highest BCUT2D eigenvalue weighted by molar-refractivity contribution is 5.94. The number of carbonyl (C=O) groups excluding carboxylic acids is 1. The van der Waals surface area contributed by atoms with Gasteiger partial charge in [-0.15, -0.1) is 0 Å². The number of aromatic nitrogens is 3. The number of nitrogens with one attached hydrogen (secondary N) is 1. The third-order valence-corrected chi connectivity index (χ3v) is 5.11. The van der Waals surface area contributed by atoms with Gasteiger partial charge in [-0.1, -0.05) is 32.0 Å². The zero-order valence-corrected chi connectivity index (χ0v) is 17.2. The Hall–Kier alpha value is -3.35. The van der Waals surface area contributed by atoms with Crippen molar-refractivity contribution in [3.63, 3.8) is 0 Å². The van der Waals surface area contributed by atoms with Crippen LogP contribution in [0, 0.1) is 5.92 Å². The van der Waals surface area contributed by atoms with E-state index in [1.165, 1.54) is 6.33 Å². The topological polar surface area (TPSA) is 78.3 Å². The molecule has 0 radical (unpaired) electrons. The fourth-order valence-electron chi connectivity index (χ4n) is 3.50. The van der Waals surface area contributed by atoms with Gasteiger partial charge in [0.25, 0.3) is 5.91 Å². The molecule has 7 heteroatoms. The van der Waals surface area contributed by atoms with Crippen LogP contribution in [-0.4, -0.2) is 33.9 Å². The number of rotatable bonds is 6. The summed E-state index contributed by atoms with van der Waals surface area (Å²) in [6.07, 6.45) is 4.04. The Labute approximate surface area is 176 Å². The van der Waals surface area contributed by atoms with Crippen molar-refractivity contribution in [2.24, 2.45) is 5.92 Å². The SMILES string of the molecule is CC(C)C(NC(=O)c1ccc(Cn2cncn2)cc1)c1ccc2c(c1)OCCCO2. The molecule has 0 saturated heterocycles. The van der Waals surface area contributed by atoms with Gasteiger partial charge < -0.3 is 14.8 Å². The molecule has 4 rings (SSSR count). The number of benzene rings is 2. The minimum absolute atomic E-state index is 0.104. The minimum Gasteiger partial charge on any atom is -0.490 e. The van der Waals surface area contributed by atoms with Gasteiger partial charge in [-0.25, -0.2) is 9.67 Å². The third-order valence-electron chi connectivity index (χ3n) is 5.11. The van der Waals surface area contributed by atoms with E-state index in [-0.39, 0.29) is 17.9 Å². The Balaban J connectivity index is 1.48. The molecule has 1 amide bonds. The fourth-order valence-corrected chi connectivity index (χ4v) is 3.50. The lowest BCUT2D eigenvalue weighted by Crippen LogP contribution is -2.31. The van der Waals surface area contributed by atoms with E-state index in [0.29, 0.717) is 25.3 Å². The van der Waals surface area contributed by atoms with Crippen LogP contribution in [0.4, 0.5) is 0 Å². The number of fused-ring (bicyclic) bond motifs is 1. The maximum atomic E-state index is 12.9. The number of ether oxygens (including phenoxy) is 2. The van der Waals surface area contributed by atoms with Crippen LogP contribution in [0.15, 0.2) is 55.1 Å². The lowest BCUT2D eigenvalue weighted by Gasteiger charge is -2.24. The molecule has 30 heavy (non-hydrogen) atoms. The van der Waals surface area contributed by atoms with Crippen molar-refractivity contribution in [3.8, 4) is 11.5 Å². The van der Waals surface area contributed by atoms with Crippen molar-refractivity contribution in [2.45, 2.75) is 32.9 Å². The molecular formula is C23H26N4O3. The summed E-state index contributed by atoms with van der Waals surface area (Å²) in [4.78, 5) is 16.9. The molecule has 1 aromatic heterocycles. The maximum Gasteiger partial charge on any atom is 0.251 e. The van der Waals surface area contributed by atoms with Crippen molar-refractivity contribution < 1.29 is 14.3 Å². The first-order valence-electron chi connectivity index (χ1n) is 10.2. The molecule has 1 aliphatic rings. The van der Waals surface area contributed by atoms with Crippen LogP contribution in [-0.2, 0) is 6.54 Å². The van der Waals surface area contributed by atoms with E-state index in [9.17, 15) is 4.79 Å². The molecule has 3 aromatic rings. The van der Waals surface area contributed by atoms with E-state index >= 15 is 0 Å². The predicted octanol–water partition coefficient (Wildman–Crippen LogP) is 3.61. The predicted molar refractivity (Wildman–Crippen MR) is 113 cm³/mol. The van der Waals surface area contributed by atoms with Gasteiger partial charge in [0.15, 0.2) is 11.5 Å². The zero-order chi connectivity index (χ0) is 20.9. The van der Waals surface area contributed by atoms with Crippen LogP contribution in [0.5, 0.6) is 11.5 Å². The minimum atomic E-state index is -0.135. The van der Waals surface area contributed by atoms with Crippen LogP contribution in [0.25, 0.3) is 0 Å². The normalized spacial score (nSPS) is 14.2. The van der Waals surface area contributed by atoms with Gasteiger partial charge in [-0.2, -0.15) is 5.10 Å². The highest BCUT2D eigenvalue weighted by Gasteiger charge is 2.21. The van der Waals surface area contributed by atoms with Crippen molar-refractivity contribution in [3.05, 3.63) is 71.8 Å². The van der Waals surface area contributed by atoms with E-state index in [1.807, 2.05) is 42.5 Å². The highest BCUT2D eigenvalue weighted by atomic mass is 16.5. The van der Waals surface area contributed by atoms with Crippen molar-refractivity contribution in [2.75, 3.05) is 13.2 Å². The summed E-state index contributed by atoms with van der Waals surface area (Å²) in [5.41, 5.74) is 2.68. The smallest absolute Gasteiger partial charge is 0.251 e. The molecule has 1 atom stereocenters. The van der Waals surface area contributed by atoms with Crippen LogP contribution < -0.4 is 14.8 Å². The molecule has 0 saturated carbocycles. The van der Waals surface area contributed by atoms with Gasteiger partial charge >= 0.3 is 0 Å². The summed E-state index contributed by atoms with van der Waals surface area (Å²) < 4.78 is 13.3. The average Bonchev–Trinajstić information content (AvgIpc) is 3.14. The standard InChI is InChI=1S/C23H26N4O3/c1-16(2)22(19-8-9-20-21(12-19)30-11-3-10-29-20)26-23(28)18-6-4-17(5-7-18)13-27-15-24-14-25-27/h4-9,12,14-16,22H,3,10-11,13H2,1-2H3,(H,26,28). The van der Waals surface area contributed by atoms with E-state index in [4.69, 9.17) is 9.47 Å². The Morgan fingerprint density at radius 1 is 1.10 bits per heavy atom. The first-order chi connectivity index (χ1) is 14.6. The van der Waals surface area contributed by atoms with Gasteiger partial charge in [-0.05, 0) is 41.3 Å². The van der Waals surface area contributed by atoms with E-state index in [2.05, 4.69) is 29.2 Å². The molecule has 1 aliphatic heterocycles. The number of amides is 1. The lowest BCUT2D eigenvalue weighted by molar-refractivity contribution is 0.0925. The molecule has 0 bridgehead atoms. The zero-order valence-electron chi connectivity index (χ0n) is 17.2. The van der Waals surface area contributed by atoms with Crippen molar-refractivity contribution in [1.82, 2.24) is 20.1 Å². The Morgan fingerprint density at radius 2 is 1.87 bits per heavy atom. The summed E-state index contributed by atoms with van der Waals surface area (Å²) >= 11 is 0. The molecule has 7 nitrogen and oxygen atoms in total. The summed E-state index contributed by atoms with van der Waals surface area (Å²) in [6.45, 7) is 6.10. The summed E-state index contributed by atoms with van der Waals surface area (Å²) in [7, 11) is 0. The van der Waals surface area contributed by atoms with Gasteiger partial charge in [0, 0.05) is 12.0 Å². The molecule has 1 N–H and O–H groups in total. The second-order valence-corrected chi connectivity index (χ2v) is 7.74.